The van der Waals surface area contributed by atoms with Crippen molar-refractivity contribution in [1.82, 2.24) is 15.0 Å². The molecule has 0 aliphatic heterocycles. The third kappa shape index (κ3) is 4.15. The van der Waals surface area contributed by atoms with Crippen LogP contribution in [-0.2, 0) is 0 Å². The lowest BCUT2D eigenvalue weighted by Crippen LogP contribution is -2.28. The van der Waals surface area contributed by atoms with Gasteiger partial charge < -0.3 is 16.2 Å². The van der Waals surface area contributed by atoms with Crippen molar-refractivity contribution in [3.05, 3.63) is 54.5 Å². The fraction of sp³-hybridized carbons (Fsp3) is 0.250. The van der Waals surface area contributed by atoms with Crippen LogP contribution in [0.4, 0.5) is 5.82 Å². The van der Waals surface area contributed by atoms with Crippen LogP contribution in [0, 0.1) is 6.92 Å². The molecule has 0 aliphatic rings. The first kappa shape index (κ1) is 17.8. The molecular weight excluding hydrogens is 326 g/mol. The molecule has 0 saturated carbocycles. The highest BCUT2D eigenvalue weighted by Crippen LogP contribution is 2.32. The van der Waals surface area contributed by atoms with E-state index in [-0.39, 0.29) is 11.8 Å². The number of aryl methyl sites for hydroxylation is 1. The zero-order valence-electron chi connectivity index (χ0n) is 15.0. The first-order valence-corrected chi connectivity index (χ1v) is 8.65. The third-order valence-corrected chi connectivity index (χ3v) is 4.21. The van der Waals surface area contributed by atoms with Gasteiger partial charge in [0.15, 0.2) is 5.82 Å². The van der Waals surface area contributed by atoms with Gasteiger partial charge in [0.2, 0.25) is 0 Å². The standard InChI is InChI=1S/C20H23N5O/c1-3-16(21)12-24-19-8-9-22-20(25-19)17-10-14(6-7-18(17)26)15-5-4-13(2)23-11-15/h4-11,16,26H,3,12,21H2,1-2H3,(H,22,24,25)/t16-/m1/s1. The molecule has 0 radical (unpaired) electrons. The number of nitrogens with one attached hydrogen (secondary N) is 1. The number of phenols is 1. The van der Waals surface area contributed by atoms with Crippen molar-refractivity contribution in [2.24, 2.45) is 5.73 Å². The van der Waals surface area contributed by atoms with E-state index in [0.717, 1.165) is 23.2 Å². The van der Waals surface area contributed by atoms with Crippen LogP contribution in [0.3, 0.4) is 0 Å². The molecule has 0 aliphatic carbocycles. The Bertz CT molecular complexity index is 880. The maximum Gasteiger partial charge on any atom is 0.165 e. The molecule has 134 valence electrons. The molecule has 1 atom stereocenters. The van der Waals surface area contributed by atoms with E-state index < -0.39 is 0 Å². The van der Waals surface area contributed by atoms with Gasteiger partial charge in [-0.05, 0) is 43.2 Å². The van der Waals surface area contributed by atoms with Crippen LogP contribution in [-0.4, -0.2) is 32.6 Å². The normalized spacial score (nSPS) is 12.0. The maximum atomic E-state index is 10.3. The van der Waals surface area contributed by atoms with Gasteiger partial charge in [-0.25, -0.2) is 9.97 Å². The summed E-state index contributed by atoms with van der Waals surface area (Å²) in [5.41, 5.74) is 9.39. The summed E-state index contributed by atoms with van der Waals surface area (Å²) in [6.07, 6.45) is 4.37. The predicted octanol–water partition coefficient (Wildman–Crippen LogP) is 3.37. The number of hydrogen-bond acceptors (Lipinski definition) is 6. The number of aromatic nitrogens is 3. The van der Waals surface area contributed by atoms with E-state index in [1.807, 2.05) is 44.3 Å². The van der Waals surface area contributed by atoms with Crippen LogP contribution < -0.4 is 11.1 Å². The van der Waals surface area contributed by atoms with Crippen molar-refractivity contribution in [2.75, 3.05) is 11.9 Å². The predicted molar refractivity (Wildman–Crippen MR) is 104 cm³/mol. The molecule has 3 rings (SSSR count). The van der Waals surface area contributed by atoms with Crippen LogP contribution in [0.5, 0.6) is 5.75 Å². The molecule has 3 aromatic rings. The van der Waals surface area contributed by atoms with Gasteiger partial charge in [0.1, 0.15) is 11.6 Å². The Kier molecular flexibility index (Phi) is 5.43. The molecule has 0 bridgehead atoms. The number of pyridine rings is 1. The van der Waals surface area contributed by atoms with Gasteiger partial charge in [0.25, 0.3) is 0 Å². The van der Waals surface area contributed by atoms with Crippen molar-refractivity contribution in [3.63, 3.8) is 0 Å². The summed E-state index contributed by atoms with van der Waals surface area (Å²) in [5.74, 6) is 1.27. The number of nitrogens with zero attached hydrogens (tertiary/aromatic N) is 3. The number of rotatable bonds is 6. The van der Waals surface area contributed by atoms with Crippen LogP contribution in [0.25, 0.3) is 22.5 Å². The summed E-state index contributed by atoms with van der Waals surface area (Å²) < 4.78 is 0. The fourth-order valence-corrected chi connectivity index (χ4v) is 2.50. The Balaban J connectivity index is 1.91. The second-order valence-electron chi connectivity index (χ2n) is 6.23. The first-order chi connectivity index (χ1) is 12.6. The average Bonchev–Trinajstić information content (AvgIpc) is 2.67. The molecule has 1 aromatic carbocycles. The number of hydrogen-bond donors (Lipinski definition) is 3. The van der Waals surface area contributed by atoms with Crippen molar-refractivity contribution >= 4 is 5.82 Å². The molecule has 0 spiro atoms. The largest absolute Gasteiger partial charge is 0.507 e. The minimum absolute atomic E-state index is 0.0687. The second-order valence-corrected chi connectivity index (χ2v) is 6.23. The minimum atomic E-state index is 0.0687. The summed E-state index contributed by atoms with van der Waals surface area (Å²) in [5, 5.41) is 13.5. The van der Waals surface area contributed by atoms with Crippen molar-refractivity contribution < 1.29 is 5.11 Å². The van der Waals surface area contributed by atoms with Crippen LogP contribution >= 0.6 is 0 Å². The van der Waals surface area contributed by atoms with Crippen LogP contribution in [0.15, 0.2) is 48.8 Å². The lowest BCUT2D eigenvalue weighted by Gasteiger charge is -2.12. The van der Waals surface area contributed by atoms with E-state index >= 15 is 0 Å². The summed E-state index contributed by atoms with van der Waals surface area (Å²) in [6, 6.07) is 11.2. The second kappa shape index (κ2) is 7.93. The summed E-state index contributed by atoms with van der Waals surface area (Å²) in [7, 11) is 0. The Labute approximate surface area is 153 Å². The fourth-order valence-electron chi connectivity index (χ4n) is 2.50. The van der Waals surface area contributed by atoms with Gasteiger partial charge in [-0.15, -0.1) is 0 Å². The molecule has 2 aromatic heterocycles. The number of benzene rings is 1. The zero-order valence-corrected chi connectivity index (χ0v) is 15.0. The Morgan fingerprint density at radius 3 is 2.65 bits per heavy atom. The van der Waals surface area contributed by atoms with Crippen LogP contribution in [0.1, 0.15) is 19.0 Å². The van der Waals surface area contributed by atoms with Gasteiger partial charge in [-0.1, -0.05) is 19.1 Å². The molecule has 4 N–H and O–H groups in total. The average molecular weight is 349 g/mol. The van der Waals surface area contributed by atoms with E-state index in [1.54, 1.807) is 18.3 Å². The van der Waals surface area contributed by atoms with Gasteiger partial charge in [-0.2, -0.15) is 0 Å². The summed E-state index contributed by atoms with van der Waals surface area (Å²) in [4.78, 5) is 13.1. The summed E-state index contributed by atoms with van der Waals surface area (Å²) >= 11 is 0. The minimum Gasteiger partial charge on any atom is -0.507 e. The lowest BCUT2D eigenvalue weighted by molar-refractivity contribution is 0.477. The molecule has 2 heterocycles. The molecule has 0 saturated heterocycles. The maximum absolute atomic E-state index is 10.3. The van der Waals surface area contributed by atoms with Gasteiger partial charge in [-0.3, -0.25) is 4.98 Å². The Morgan fingerprint density at radius 1 is 1.12 bits per heavy atom. The van der Waals surface area contributed by atoms with Gasteiger partial charge in [0, 0.05) is 36.2 Å². The summed E-state index contributed by atoms with van der Waals surface area (Å²) in [6.45, 7) is 4.62. The molecule has 0 unspecified atom stereocenters. The smallest absolute Gasteiger partial charge is 0.165 e. The van der Waals surface area contributed by atoms with E-state index in [9.17, 15) is 5.11 Å². The molecule has 0 fully saturated rings. The first-order valence-electron chi connectivity index (χ1n) is 8.65. The molecule has 0 amide bonds. The SMILES string of the molecule is CC[C@@H](N)CNc1ccnc(-c2cc(-c3ccc(C)nc3)ccc2O)n1. The Morgan fingerprint density at radius 2 is 1.92 bits per heavy atom. The molecule has 6 nitrogen and oxygen atoms in total. The number of aromatic hydroxyl groups is 1. The van der Waals surface area contributed by atoms with Crippen molar-refractivity contribution in [1.29, 1.82) is 0 Å². The van der Waals surface area contributed by atoms with Crippen molar-refractivity contribution in [3.8, 4) is 28.3 Å². The topological polar surface area (TPSA) is 97.0 Å². The van der Waals surface area contributed by atoms with Crippen LogP contribution in [0.2, 0.25) is 0 Å². The third-order valence-electron chi connectivity index (χ3n) is 4.21. The van der Waals surface area contributed by atoms with E-state index in [2.05, 4.69) is 20.3 Å². The molecule has 26 heavy (non-hydrogen) atoms. The van der Waals surface area contributed by atoms with E-state index in [0.29, 0.717) is 23.8 Å². The van der Waals surface area contributed by atoms with Crippen molar-refractivity contribution in [2.45, 2.75) is 26.3 Å². The Hall–Kier alpha value is -2.99. The monoisotopic (exact) mass is 349 g/mol. The molecule has 6 heteroatoms. The van der Waals surface area contributed by atoms with E-state index in [4.69, 9.17) is 5.73 Å². The van der Waals surface area contributed by atoms with Gasteiger partial charge >= 0.3 is 0 Å². The highest BCUT2D eigenvalue weighted by Gasteiger charge is 2.11. The highest BCUT2D eigenvalue weighted by atomic mass is 16.3. The lowest BCUT2D eigenvalue weighted by atomic mass is 10.0. The number of phenolic OH excluding ortho intramolecular Hbond substituents is 1. The van der Waals surface area contributed by atoms with E-state index in [1.165, 1.54) is 0 Å². The molecular formula is C20H23N5O. The number of nitrogens with two attached hydrogens (primary N) is 1. The number of anilines is 1. The highest BCUT2D eigenvalue weighted by molar-refractivity contribution is 5.74. The zero-order chi connectivity index (χ0) is 18.5. The van der Waals surface area contributed by atoms with Gasteiger partial charge in [0.05, 0.1) is 5.56 Å². The quantitative estimate of drug-likeness (QED) is 0.631.